The average Bonchev–Trinajstić information content (AvgIpc) is 3.02. The van der Waals surface area contributed by atoms with Crippen molar-refractivity contribution in [1.29, 1.82) is 0 Å². The topological polar surface area (TPSA) is 18.5 Å². The molecular formula is C42H84BrNO2. The zero-order valence-electron chi connectivity index (χ0n) is 32.2. The third-order valence-electron chi connectivity index (χ3n) is 9.20. The number of hydrogen-bond donors (Lipinski definition) is 0. The fourth-order valence-corrected chi connectivity index (χ4v) is 6.20. The van der Waals surface area contributed by atoms with Crippen LogP contribution in [0.4, 0.5) is 0 Å². The Labute approximate surface area is 301 Å². The number of hydrogen-bond acceptors (Lipinski definition) is 2. The first-order valence-electron chi connectivity index (χ1n) is 20.4. The lowest BCUT2D eigenvalue weighted by Crippen LogP contribution is -3.00. The Morgan fingerprint density at radius 1 is 0.391 bits per heavy atom. The smallest absolute Gasteiger partial charge is 0.308 e. The van der Waals surface area contributed by atoms with Crippen molar-refractivity contribution in [3.63, 3.8) is 0 Å². The molecule has 0 amide bonds. The van der Waals surface area contributed by atoms with Gasteiger partial charge in [-0.1, -0.05) is 161 Å². The van der Waals surface area contributed by atoms with E-state index in [-0.39, 0.29) is 23.4 Å². The van der Waals surface area contributed by atoms with E-state index in [0.29, 0.717) is 0 Å². The van der Waals surface area contributed by atoms with Crippen LogP contribution in [-0.4, -0.2) is 44.8 Å². The first-order chi connectivity index (χ1) is 22.1. The summed E-state index contributed by atoms with van der Waals surface area (Å²) in [5.41, 5.74) is 0. The highest BCUT2D eigenvalue weighted by molar-refractivity contribution is 4.82. The zero-order valence-corrected chi connectivity index (χ0v) is 33.7. The maximum Gasteiger partial charge on any atom is 0.308 e. The minimum atomic E-state index is -0.129. The van der Waals surface area contributed by atoms with Crippen LogP contribution >= 0.6 is 0 Å². The Bertz CT molecular complexity index is 577. The predicted molar refractivity (Wildman–Crippen MR) is 202 cm³/mol. The molecule has 276 valence electrons. The molecule has 0 aromatic carbocycles. The van der Waals surface area contributed by atoms with Crippen molar-refractivity contribution in [2.75, 3.05) is 33.9 Å². The molecule has 0 aromatic rings. The van der Waals surface area contributed by atoms with Crippen LogP contribution in [0.3, 0.4) is 0 Å². The van der Waals surface area contributed by atoms with Crippen LogP contribution in [0.25, 0.3) is 0 Å². The highest BCUT2D eigenvalue weighted by Crippen LogP contribution is 2.16. The normalized spacial score (nSPS) is 12.2. The van der Waals surface area contributed by atoms with Gasteiger partial charge in [-0.25, -0.2) is 0 Å². The summed E-state index contributed by atoms with van der Waals surface area (Å²) in [6.07, 6.45) is 48.2. The molecular weight excluding hydrogens is 630 g/mol. The Balaban J connectivity index is 0. The van der Waals surface area contributed by atoms with Gasteiger partial charge >= 0.3 is 6.41 Å². The Morgan fingerprint density at radius 2 is 0.674 bits per heavy atom. The molecule has 0 heterocycles. The average molecular weight is 715 g/mol. The number of quaternary nitrogens is 1. The van der Waals surface area contributed by atoms with E-state index in [1.54, 1.807) is 0 Å². The maximum atomic E-state index is 6.34. The van der Waals surface area contributed by atoms with Gasteiger partial charge in [0.15, 0.2) is 0 Å². The van der Waals surface area contributed by atoms with E-state index >= 15 is 0 Å². The van der Waals surface area contributed by atoms with E-state index in [1.165, 1.54) is 167 Å². The Morgan fingerprint density at radius 3 is 0.978 bits per heavy atom. The van der Waals surface area contributed by atoms with Crippen molar-refractivity contribution < 1.29 is 30.9 Å². The van der Waals surface area contributed by atoms with Gasteiger partial charge < -0.3 is 26.5 Å². The minimum absolute atomic E-state index is 0. The zero-order chi connectivity index (χ0) is 32.9. The van der Waals surface area contributed by atoms with Crippen molar-refractivity contribution >= 4 is 0 Å². The molecule has 0 N–H and O–H groups in total. The predicted octanol–water partition coefficient (Wildman–Crippen LogP) is 10.9. The van der Waals surface area contributed by atoms with E-state index in [0.717, 1.165) is 43.5 Å². The van der Waals surface area contributed by atoms with E-state index < -0.39 is 0 Å². The van der Waals surface area contributed by atoms with Crippen LogP contribution in [0.2, 0.25) is 0 Å². The van der Waals surface area contributed by atoms with Crippen LogP contribution in [0.15, 0.2) is 24.3 Å². The fourth-order valence-electron chi connectivity index (χ4n) is 6.20. The first-order valence-corrected chi connectivity index (χ1v) is 20.4. The molecule has 0 radical (unpaired) electrons. The third-order valence-corrected chi connectivity index (χ3v) is 9.20. The van der Waals surface area contributed by atoms with Crippen molar-refractivity contribution in [3.8, 4) is 0 Å². The SMILES string of the molecule is CCCCCCCC/C=C\CCCCCCCCOC(OCCCCCCCC/C=C\CCCCCCCC)[N+](C)(C)CCC.[Br-]. The number of ether oxygens (including phenoxy) is 2. The number of nitrogens with zero attached hydrogens (tertiary/aromatic N) is 1. The van der Waals surface area contributed by atoms with Crippen LogP contribution in [-0.2, 0) is 9.47 Å². The van der Waals surface area contributed by atoms with Gasteiger partial charge in [-0.3, -0.25) is 4.48 Å². The second-order valence-electron chi connectivity index (χ2n) is 14.4. The molecule has 0 aliphatic rings. The van der Waals surface area contributed by atoms with Crippen LogP contribution in [0.5, 0.6) is 0 Å². The quantitative estimate of drug-likeness (QED) is 0.0276. The summed E-state index contributed by atoms with van der Waals surface area (Å²) >= 11 is 0. The summed E-state index contributed by atoms with van der Waals surface area (Å²) < 4.78 is 13.5. The summed E-state index contributed by atoms with van der Waals surface area (Å²) in [5.74, 6) is 0. The fraction of sp³-hybridized carbons (Fsp3) is 0.905. The maximum absolute atomic E-state index is 6.34. The molecule has 0 aromatic heterocycles. The van der Waals surface area contributed by atoms with Crippen molar-refractivity contribution in [1.82, 2.24) is 0 Å². The molecule has 0 saturated carbocycles. The number of allylic oxidation sites excluding steroid dienone is 4. The molecule has 0 rings (SSSR count). The van der Waals surface area contributed by atoms with Crippen molar-refractivity contribution in [3.05, 3.63) is 24.3 Å². The van der Waals surface area contributed by atoms with E-state index in [9.17, 15) is 0 Å². The molecule has 0 fully saturated rings. The van der Waals surface area contributed by atoms with Crippen LogP contribution < -0.4 is 17.0 Å². The summed E-state index contributed by atoms with van der Waals surface area (Å²) in [6.45, 7) is 9.58. The third kappa shape index (κ3) is 35.2. The first kappa shape index (κ1) is 48.0. The van der Waals surface area contributed by atoms with Crippen LogP contribution in [0, 0.1) is 0 Å². The largest absolute Gasteiger partial charge is 1.00 e. The summed E-state index contributed by atoms with van der Waals surface area (Å²) in [4.78, 5) is 0. The van der Waals surface area contributed by atoms with E-state index in [4.69, 9.17) is 9.47 Å². The van der Waals surface area contributed by atoms with Gasteiger partial charge in [-0.2, -0.15) is 0 Å². The standard InChI is InChI=1S/C42H84NO2.BrH/c1-6-9-11-13-15-17-19-21-23-25-27-29-31-33-35-37-40-44-42(43(4,5)39-8-3)45-41-38-36-34-32-30-28-26-24-22-20-18-16-14-12-10-7-2;/h21-24,42H,6-20,25-41H2,1-5H3;1H/q+1;/p-1/b23-21-,24-22-;. The molecule has 0 saturated heterocycles. The van der Waals surface area contributed by atoms with Crippen molar-refractivity contribution in [2.24, 2.45) is 0 Å². The number of unbranched alkanes of at least 4 members (excludes halogenated alkanes) is 24. The highest BCUT2D eigenvalue weighted by Gasteiger charge is 2.29. The highest BCUT2D eigenvalue weighted by atomic mass is 79.9. The molecule has 0 unspecified atom stereocenters. The van der Waals surface area contributed by atoms with Gasteiger partial charge in [0.05, 0.1) is 33.9 Å². The summed E-state index contributed by atoms with van der Waals surface area (Å²) in [5, 5.41) is 0. The Kier molecular flexibility index (Phi) is 40.9. The number of rotatable bonds is 37. The lowest BCUT2D eigenvalue weighted by molar-refractivity contribution is -0.962. The van der Waals surface area contributed by atoms with Crippen LogP contribution in [0.1, 0.15) is 207 Å². The van der Waals surface area contributed by atoms with Gasteiger partial charge in [0.1, 0.15) is 0 Å². The van der Waals surface area contributed by atoms with Gasteiger partial charge in [0.2, 0.25) is 0 Å². The van der Waals surface area contributed by atoms with Crippen molar-refractivity contribution in [2.45, 2.75) is 213 Å². The van der Waals surface area contributed by atoms with Gasteiger partial charge in [0.25, 0.3) is 0 Å². The molecule has 0 atom stereocenters. The molecule has 0 aliphatic heterocycles. The summed E-state index contributed by atoms with van der Waals surface area (Å²) in [6, 6.07) is 0. The lowest BCUT2D eigenvalue weighted by atomic mass is 10.1. The monoisotopic (exact) mass is 714 g/mol. The second kappa shape index (κ2) is 39.3. The minimum Gasteiger partial charge on any atom is -1.00 e. The van der Waals surface area contributed by atoms with E-state index in [2.05, 4.69) is 59.2 Å². The molecule has 3 nitrogen and oxygen atoms in total. The van der Waals surface area contributed by atoms with Gasteiger partial charge in [-0.05, 0) is 70.6 Å². The second-order valence-corrected chi connectivity index (χ2v) is 14.4. The lowest BCUT2D eigenvalue weighted by Gasteiger charge is -2.36. The number of halogens is 1. The summed E-state index contributed by atoms with van der Waals surface area (Å²) in [7, 11) is 4.52. The molecule has 0 aliphatic carbocycles. The van der Waals surface area contributed by atoms with E-state index in [1.807, 2.05) is 0 Å². The van der Waals surface area contributed by atoms with Gasteiger partial charge in [-0.15, -0.1) is 0 Å². The molecule has 0 spiro atoms. The molecule has 46 heavy (non-hydrogen) atoms. The molecule has 0 bridgehead atoms. The molecule has 4 heteroatoms. The Hall–Kier alpha value is -0.160. The van der Waals surface area contributed by atoms with Gasteiger partial charge in [0, 0.05) is 0 Å².